The minimum Gasteiger partial charge on any atom is -0.444 e. The Labute approximate surface area is 94.8 Å². The lowest BCUT2D eigenvalue weighted by atomic mass is 10.0. The summed E-state index contributed by atoms with van der Waals surface area (Å²) >= 11 is 0. The fourth-order valence-electron chi connectivity index (χ4n) is 1.27. The third-order valence-corrected chi connectivity index (χ3v) is 2.10. The minimum atomic E-state index is -1.64. The molecule has 94 valence electrons. The van der Waals surface area contributed by atoms with Crippen molar-refractivity contribution in [2.24, 2.45) is 5.73 Å². The van der Waals surface area contributed by atoms with E-state index < -0.39 is 41.3 Å². The number of halogens is 3. The van der Waals surface area contributed by atoms with E-state index in [2.05, 4.69) is 4.74 Å². The molecule has 0 radical (unpaired) electrons. The van der Waals surface area contributed by atoms with Gasteiger partial charge in [0.1, 0.15) is 18.0 Å². The number of carbonyl (C=O) groups excluding carboxylic acids is 1. The van der Waals surface area contributed by atoms with Crippen molar-refractivity contribution < 1.29 is 27.8 Å². The molecule has 0 aliphatic rings. The number of ether oxygens (including phenoxy) is 1. The summed E-state index contributed by atoms with van der Waals surface area (Å²) in [6.07, 6.45) is -4.00. The van der Waals surface area contributed by atoms with Crippen LogP contribution in [0, 0.1) is 17.5 Å². The van der Waals surface area contributed by atoms with E-state index >= 15 is 0 Å². The van der Waals surface area contributed by atoms with E-state index in [1.54, 1.807) is 0 Å². The summed E-state index contributed by atoms with van der Waals surface area (Å²) in [5.74, 6) is -3.83. The standard InChI is InChI=1S/C10H10F3NO3/c1-4(17-10(14)16)9(15)5-2-7(12)8(13)3-6(5)11/h2-4,9,15H,1H3,(H2,14,16)/t4-,9+/m0/s1. The van der Waals surface area contributed by atoms with E-state index in [1.807, 2.05) is 0 Å². The van der Waals surface area contributed by atoms with Crippen molar-refractivity contribution in [3.8, 4) is 0 Å². The second-order valence-electron chi connectivity index (χ2n) is 3.37. The van der Waals surface area contributed by atoms with Gasteiger partial charge in [0.15, 0.2) is 11.6 Å². The molecule has 0 aliphatic heterocycles. The summed E-state index contributed by atoms with van der Waals surface area (Å²) in [6.45, 7) is 1.23. The highest BCUT2D eigenvalue weighted by Gasteiger charge is 2.24. The summed E-state index contributed by atoms with van der Waals surface area (Å²) in [5, 5.41) is 9.57. The van der Waals surface area contributed by atoms with Gasteiger partial charge < -0.3 is 15.6 Å². The van der Waals surface area contributed by atoms with Crippen LogP contribution in [0.15, 0.2) is 12.1 Å². The van der Waals surface area contributed by atoms with Crippen molar-refractivity contribution in [2.45, 2.75) is 19.1 Å². The first-order chi connectivity index (χ1) is 7.82. The average molecular weight is 249 g/mol. The van der Waals surface area contributed by atoms with E-state index in [9.17, 15) is 23.1 Å². The van der Waals surface area contributed by atoms with E-state index in [-0.39, 0.29) is 0 Å². The van der Waals surface area contributed by atoms with Gasteiger partial charge in [-0.25, -0.2) is 18.0 Å². The second kappa shape index (κ2) is 5.05. The molecule has 0 aliphatic carbocycles. The number of benzene rings is 1. The Kier molecular flexibility index (Phi) is 3.95. The second-order valence-corrected chi connectivity index (χ2v) is 3.37. The van der Waals surface area contributed by atoms with Crippen molar-refractivity contribution in [3.63, 3.8) is 0 Å². The van der Waals surface area contributed by atoms with Crippen LogP contribution in [0.1, 0.15) is 18.6 Å². The summed E-state index contributed by atoms with van der Waals surface area (Å²) < 4.78 is 43.1. The minimum absolute atomic E-state index is 0.297. The molecular formula is C10H10F3NO3. The van der Waals surface area contributed by atoms with E-state index in [4.69, 9.17) is 5.73 Å². The zero-order valence-corrected chi connectivity index (χ0v) is 8.78. The van der Waals surface area contributed by atoms with Crippen molar-refractivity contribution in [2.75, 3.05) is 0 Å². The highest BCUT2D eigenvalue weighted by atomic mass is 19.2. The maximum Gasteiger partial charge on any atom is 0.404 e. The lowest BCUT2D eigenvalue weighted by molar-refractivity contribution is 0.0137. The van der Waals surface area contributed by atoms with Crippen molar-refractivity contribution in [1.82, 2.24) is 0 Å². The number of aliphatic hydroxyl groups excluding tert-OH is 1. The summed E-state index contributed by atoms with van der Waals surface area (Å²) in [6, 6.07) is 0.793. The molecule has 7 heteroatoms. The monoisotopic (exact) mass is 249 g/mol. The number of amides is 1. The zero-order valence-electron chi connectivity index (χ0n) is 8.78. The maximum absolute atomic E-state index is 13.2. The van der Waals surface area contributed by atoms with Gasteiger partial charge in [-0.05, 0) is 13.0 Å². The van der Waals surface area contributed by atoms with Crippen LogP contribution < -0.4 is 5.73 Å². The van der Waals surface area contributed by atoms with Gasteiger partial charge in [0.2, 0.25) is 0 Å². The number of hydrogen-bond donors (Lipinski definition) is 2. The van der Waals surface area contributed by atoms with Gasteiger partial charge in [0.05, 0.1) is 0 Å². The van der Waals surface area contributed by atoms with Gasteiger partial charge in [-0.2, -0.15) is 0 Å². The number of primary amides is 1. The Morgan fingerprint density at radius 3 is 2.35 bits per heavy atom. The molecule has 0 saturated carbocycles. The molecule has 0 saturated heterocycles. The number of hydrogen-bond acceptors (Lipinski definition) is 3. The van der Waals surface area contributed by atoms with Gasteiger partial charge in [-0.15, -0.1) is 0 Å². The molecule has 0 bridgehead atoms. The summed E-state index contributed by atoms with van der Waals surface area (Å²) in [4.78, 5) is 10.4. The molecule has 1 aromatic rings. The molecule has 17 heavy (non-hydrogen) atoms. The molecule has 0 fully saturated rings. The first kappa shape index (κ1) is 13.3. The van der Waals surface area contributed by atoms with Gasteiger partial charge in [0.25, 0.3) is 0 Å². The molecule has 1 aromatic carbocycles. The number of carbonyl (C=O) groups is 1. The topological polar surface area (TPSA) is 72.5 Å². The fraction of sp³-hybridized carbons (Fsp3) is 0.300. The largest absolute Gasteiger partial charge is 0.444 e. The zero-order chi connectivity index (χ0) is 13.2. The van der Waals surface area contributed by atoms with Crippen LogP contribution in [0.4, 0.5) is 18.0 Å². The van der Waals surface area contributed by atoms with Crippen LogP contribution in [0.5, 0.6) is 0 Å². The summed E-state index contributed by atoms with van der Waals surface area (Å²) in [7, 11) is 0. The number of rotatable bonds is 3. The molecule has 1 rings (SSSR count). The Balaban J connectivity index is 2.99. The molecule has 0 spiro atoms. The van der Waals surface area contributed by atoms with E-state index in [0.29, 0.717) is 12.1 Å². The SMILES string of the molecule is C[C@H](OC(N)=O)[C@@H](O)c1cc(F)c(F)cc1F. The first-order valence-corrected chi connectivity index (χ1v) is 4.61. The van der Waals surface area contributed by atoms with Gasteiger partial charge >= 0.3 is 6.09 Å². The van der Waals surface area contributed by atoms with E-state index in [1.165, 1.54) is 6.92 Å². The molecule has 1 amide bonds. The molecule has 3 N–H and O–H groups in total. The predicted octanol–water partition coefficient (Wildman–Crippen LogP) is 1.62. The highest BCUT2D eigenvalue weighted by Crippen LogP contribution is 2.24. The Morgan fingerprint density at radius 2 is 1.82 bits per heavy atom. The summed E-state index contributed by atoms with van der Waals surface area (Å²) in [5.41, 5.74) is 4.19. The number of nitrogens with two attached hydrogens (primary N) is 1. The molecule has 0 heterocycles. The van der Waals surface area contributed by atoms with Crippen LogP contribution in [-0.2, 0) is 4.74 Å². The quantitative estimate of drug-likeness (QED) is 0.799. The molecule has 4 nitrogen and oxygen atoms in total. The van der Waals surface area contributed by atoms with Gasteiger partial charge in [0, 0.05) is 11.6 Å². The van der Waals surface area contributed by atoms with Crippen LogP contribution in [0.25, 0.3) is 0 Å². The Morgan fingerprint density at radius 1 is 1.29 bits per heavy atom. The van der Waals surface area contributed by atoms with Crippen LogP contribution in [0.3, 0.4) is 0 Å². The average Bonchev–Trinajstić information content (AvgIpc) is 2.21. The maximum atomic E-state index is 13.2. The molecular weight excluding hydrogens is 239 g/mol. The van der Waals surface area contributed by atoms with Crippen molar-refractivity contribution in [3.05, 3.63) is 35.1 Å². The normalized spacial score (nSPS) is 14.2. The molecule has 0 unspecified atom stereocenters. The number of aliphatic hydroxyl groups is 1. The van der Waals surface area contributed by atoms with Crippen LogP contribution in [0.2, 0.25) is 0 Å². The third kappa shape index (κ3) is 3.10. The highest BCUT2D eigenvalue weighted by molar-refractivity contribution is 5.64. The third-order valence-electron chi connectivity index (χ3n) is 2.10. The molecule has 0 aromatic heterocycles. The van der Waals surface area contributed by atoms with Crippen LogP contribution in [-0.4, -0.2) is 17.3 Å². The smallest absolute Gasteiger partial charge is 0.404 e. The Hall–Kier alpha value is -1.76. The van der Waals surface area contributed by atoms with E-state index in [0.717, 1.165) is 0 Å². The van der Waals surface area contributed by atoms with Crippen molar-refractivity contribution in [1.29, 1.82) is 0 Å². The van der Waals surface area contributed by atoms with Crippen molar-refractivity contribution >= 4 is 6.09 Å². The predicted molar refractivity (Wildman–Crippen MR) is 51.4 cm³/mol. The van der Waals surface area contributed by atoms with Gasteiger partial charge in [-0.1, -0.05) is 0 Å². The van der Waals surface area contributed by atoms with Gasteiger partial charge in [-0.3, -0.25) is 0 Å². The lowest BCUT2D eigenvalue weighted by Gasteiger charge is -2.19. The lowest BCUT2D eigenvalue weighted by Crippen LogP contribution is -2.26. The van der Waals surface area contributed by atoms with Crippen LogP contribution >= 0.6 is 0 Å². The first-order valence-electron chi connectivity index (χ1n) is 4.61. The Bertz CT molecular complexity index is 439. The molecule has 2 atom stereocenters. The fourth-order valence-corrected chi connectivity index (χ4v) is 1.27.